The number of carbonyl (C=O) groups excluding carboxylic acids is 1. The molecule has 2 aliphatic heterocycles. The summed E-state index contributed by atoms with van der Waals surface area (Å²) in [7, 11) is 0. The topological polar surface area (TPSA) is 59.0 Å². The summed E-state index contributed by atoms with van der Waals surface area (Å²) in [4.78, 5) is 15.5. The van der Waals surface area contributed by atoms with Crippen molar-refractivity contribution in [2.24, 2.45) is 0 Å². The highest BCUT2D eigenvalue weighted by Gasteiger charge is 2.34. The number of carbonyl (C=O) groups is 1. The number of aromatic hydroxyl groups is 1. The second kappa shape index (κ2) is 7.85. The molecule has 0 bridgehead atoms. The lowest BCUT2D eigenvalue weighted by molar-refractivity contribution is -0.132. The number of hydrogen-bond donors (Lipinski definition) is 1. The number of fused-ring (bicyclic) bond motifs is 3. The van der Waals surface area contributed by atoms with E-state index in [1.807, 2.05) is 47.4 Å². The number of phenols is 1. The molecule has 4 aromatic carbocycles. The van der Waals surface area contributed by atoms with E-state index < -0.39 is 0 Å². The summed E-state index contributed by atoms with van der Waals surface area (Å²) in [6.45, 7) is 0.805. The van der Waals surface area contributed by atoms with Crippen molar-refractivity contribution >= 4 is 16.7 Å². The van der Waals surface area contributed by atoms with Crippen LogP contribution in [0.2, 0.25) is 0 Å². The predicted molar refractivity (Wildman–Crippen MR) is 126 cm³/mol. The van der Waals surface area contributed by atoms with Crippen LogP contribution in [0.15, 0.2) is 78.9 Å². The van der Waals surface area contributed by atoms with Crippen molar-refractivity contribution in [3.63, 3.8) is 0 Å². The maximum Gasteiger partial charge on any atom is 0.231 e. The largest absolute Gasteiger partial charge is 0.508 e. The minimum atomic E-state index is -0.302. The van der Waals surface area contributed by atoms with E-state index >= 15 is 0 Å². The Morgan fingerprint density at radius 3 is 2.58 bits per heavy atom. The van der Waals surface area contributed by atoms with Crippen LogP contribution in [0.3, 0.4) is 0 Å². The SMILES string of the molecule is O=C(Cc1ccc2ccccc2c1)N1CCc2cc3c(cc2C1c1cccc(O)c1)OCO3. The molecule has 0 saturated carbocycles. The Hall–Kier alpha value is -3.99. The van der Waals surface area contributed by atoms with Crippen LogP contribution in [0.5, 0.6) is 17.2 Å². The van der Waals surface area contributed by atoms with E-state index in [0.717, 1.165) is 45.2 Å². The molecule has 2 aliphatic rings. The van der Waals surface area contributed by atoms with Gasteiger partial charge in [-0.2, -0.15) is 0 Å². The van der Waals surface area contributed by atoms with E-state index in [1.165, 1.54) is 0 Å². The standard InChI is InChI=1S/C28H23NO4/c30-23-7-3-6-22(14-23)28-24-16-26-25(32-17-33-26)15-21(24)10-11-29(28)27(31)13-18-8-9-19-4-1-2-5-20(19)12-18/h1-9,12,14-16,28,30H,10-11,13,17H2. The van der Waals surface area contributed by atoms with E-state index in [1.54, 1.807) is 12.1 Å². The van der Waals surface area contributed by atoms with Gasteiger partial charge in [-0.3, -0.25) is 4.79 Å². The van der Waals surface area contributed by atoms with Gasteiger partial charge in [-0.25, -0.2) is 0 Å². The predicted octanol–water partition coefficient (Wildman–Crippen LogP) is 4.99. The average molecular weight is 437 g/mol. The zero-order valence-corrected chi connectivity index (χ0v) is 18.0. The van der Waals surface area contributed by atoms with Crippen molar-refractivity contribution in [3.8, 4) is 17.2 Å². The minimum absolute atomic E-state index is 0.0574. The summed E-state index contributed by atoms with van der Waals surface area (Å²) < 4.78 is 11.2. The van der Waals surface area contributed by atoms with Crippen LogP contribution < -0.4 is 9.47 Å². The molecule has 1 N–H and O–H groups in total. The summed E-state index contributed by atoms with van der Waals surface area (Å²) in [6, 6.07) is 25.2. The molecule has 1 atom stereocenters. The maximum atomic E-state index is 13.6. The summed E-state index contributed by atoms with van der Waals surface area (Å²) in [5.41, 5.74) is 4.02. The molecule has 1 amide bonds. The van der Waals surface area contributed by atoms with Crippen LogP contribution in [0.1, 0.15) is 28.3 Å². The molecule has 33 heavy (non-hydrogen) atoms. The number of benzene rings is 4. The van der Waals surface area contributed by atoms with Crippen LogP contribution in [0.25, 0.3) is 10.8 Å². The molecule has 0 spiro atoms. The Labute approximate surface area is 191 Å². The van der Waals surface area contributed by atoms with Crippen LogP contribution in [0.4, 0.5) is 0 Å². The zero-order chi connectivity index (χ0) is 22.4. The molecule has 0 radical (unpaired) electrons. The number of ether oxygens (including phenoxy) is 2. The highest BCUT2D eigenvalue weighted by Crippen LogP contribution is 2.43. The molecule has 0 saturated heterocycles. The van der Waals surface area contributed by atoms with Gasteiger partial charge in [0.05, 0.1) is 12.5 Å². The van der Waals surface area contributed by atoms with E-state index in [-0.39, 0.29) is 24.5 Å². The first-order valence-corrected chi connectivity index (χ1v) is 11.1. The molecule has 4 aromatic rings. The Morgan fingerprint density at radius 1 is 0.909 bits per heavy atom. The second-order valence-corrected chi connectivity index (χ2v) is 8.60. The third-order valence-corrected chi connectivity index (χ3v) is 6.54. The second-order valence-electron chi connectivity index (χ2n) is 8.60. The molecule has 5 heteroatoms. The summed E-state index contributed by atoms with van der Waals surface area (Å²) in [5, 5.41) is 12.4. The number of phenolic OH excluding ortho intramolecular Hbond substituents is 1. The molecular weight excluding hydrogens is 414 g/mol. The third kappa shape index (κ3) is 3.55. The molecule has 6 rings (SSSR count). The molecule has 0 fully saturated rings. The van der Waals surface area contributed by atoms with Crippen molar-refractivity contribution in [3.05, 3.63) is 101 Å². The Bertz CT molecular complexity index is 1380. The lowest BCUT2D eigenvalue weighted by Gasteiger charge is -2.38. The van der Waals surface area contributed by atoms with Crippen LogP contribution >= 0.6 is 0 Å². The van der Waals surface area contributed by atoms with Gasteiger partial charge < -0.3 is 19.5 Å². The summed E-state index contributed by atoms with van der Waals surface area (Å²) in [5.74, 6) is 1.69. The molecule has 5 nitrogen and oxygen atoms in total. The molecular formula is C28H23NO4. The average Bonchev–Trinajstić information content (AvgIpc) is 3.29. The minimum Gasteiger partial charge on any atom is -0.508 e. The fourth-order valence-electron chi connectivity index (χ4n) is 4.96. The van der Waals surface area contributed by atoms with Gasteiger partial charge in [0.15, 0.2) is 11.5 Å². The zero-order valence-electron chi connectivity index (χ0n) is 18.0. The fraction of sp³-hybridized carbons (Fsp3) is 0.179. The lowest BCUT2D eigenvalue weighted by Crippen LogP contribution is -2.41. The van der Waals surface area contributed by atoms with Gasteiger partial charge in [-0.1, -0.05) is 54.6 Å². The van der Waals surface area contributed by atoms with Crippen molar-refractivity contribution in [2.45, 2.75) is 18.9 Å². The molecule has 0 aliphatic carbocycles. The Kier molecular flexibility index (Phi) is 4.68. The Morgan fingerprint density at radius 2 is 1.73 bits per heavy atom. The molecule has 0 aromatic heterocycles. The van der Waals surface area contributed by atoms with Gasteiger partial charge in [0.25, 0.3) is 0 Å². The Balaban J connectivity index is 1.38. The van der Waals surface area contributed by atoms with E-state index in [0.29, 0.717) is 18.7 Å². The van der Waals surface area contributed by atoms with Gasteiger partial charge in [-0.15, -0.1) is 0 Å². The monoisotopic (exact) mass is 437 g/mol. The van der Waals surface area contributed by atoms with Crippen LogP contribution in [-0.2, 0) is 17.6 Å². The first-order chi connectivity index (χ1) is 16.2. The molecule has 164 valence electrons. The van der Waals surface area contributed by atoms with Crippen molar-refractivity contribution < 1.29 is 19.4 Å². The van der Waals surface area contributed by atoms with Crippen LogP contribution in [-0.4, -0.2) is 29.3 Å². The normalized spacial score (nSPS) is 16.6. The number of nitrogens with zero attached hydrogens (tertiary/aromatic N) is 1. The van der Waals surface area contributed by atoms with E-state index in [2.05, 4.69) is 24.3 Å². The van der Waals surface area contributed by atoms with E-state index in [4.69, 9.17) is 9.47 Å². The van der Waals surface area contributed by atoms with Gasteiger partial charge in [0.2, 0.25) is 12.7 Å². The highest BCUT2D eigenvalue weighted by molar-refractivity contribution is 5.86. The number of amides is 1. The lowest BCUT2D eigenvalue weighted by atomic mass is 9.87. The first-order valence-electron chi connectivity index (χ1n) is 11.1. The van der Waals surface area contributed by atoms with Crippen molar-refractivity contribution in [2.75, 3.05) is 13.3 Å². The van der Waals surface area contributed by atoms with Crippen molar-refractivity contribution in [1.29, 1.82) is 0 Å². The quantitative estimate of drug-likeness (QED) is 0.491. The molecule has 1 unspecified atom stereocenters. The maximum absolute atomic E-state index is 13.6. The van der Waals surface area contributed by atoms with Crippen molar-refractivity contribution in [1.82, 2.24) is 4.90 Å². The van der Waals surface area contributed by atoms with Gasteiger partial charge in [-0.05, 0) is 63.7 Å². The molecule has 2 heterocycles. The van der Waals surface area contributed by atoms with Gasteiger partial charge in [0, 0.05) is 6.54 Å². The third-order valence-electron chi connectivity index (χ3n) is 6.54. The van der Waals surface area contributed by atoms with Gasteiger partial charge >= 0.3 is 0 Å². The van der Waals surface area contributed by atoms with E-state index in [9.17, 15) is 9.90 Å². The van der Waals surface area contributed by atoms with Gasteiger partial charge in [0.1, 0.15) is 5.75 Å². The first kappa shape index (κ1) is 19.7. The summed E-state index contributed by atoms with van der Waals surface area (Å²) in [6.07, 6.45) is 1.06. The number of hydrogen-bond acceptors (Lipinski definition) is 4. The van der Waals surface area contributed by atoms with Crippen LogP contribution in [0, 0.1) is 0 Å². The fourth-order valence-corrected chi connectivity index (χ4v) is 4.96. The summed E-state index contributed by atoms with van der Waals surface area (Å²) >= 11 is 0. The number of rotatable bonds is 3. The smallest absolute Gasteiger partial charge is 0.231 e. The highest BCUT2D eigenvalue weighted by atomic mass is 16.7.